The molecule has 0 spiro atoms. The van der Waals surface area contributed by atoms with Crippen LogP contribution in [0.15, 0.2) is 24.3 Å². The van der Waals surface area contributed by atoms with E-state index in [9.17, 15) is 4.79 Å². The number of hydrogen-bond acceptors (Lipinski definition) is 4. The average molecular weight is 263 g/mol. The molecule has 1 heterocycles. The molecule has 4 heteroatoms. The highest BCUT2D eigenvalue weighted by Crippen LogP contribution is 2.22. The van der Waals surface area contributed by atoms with Crippen LogP contribution in [0.3, 0.4) is 0 Å². The van der Waals surface area contributed by atoms with Gasteiger partial charge in [-0.2, -0.15) is 0 Å². The first-order chi connectivity index (χ1) is 8.81. The second-order valence-electron chi connectivity index (χ2n) is 4.18. The van der Waals surface area contributed by atoms with Gasteiger partial charge in [-0.15, -0.1) is 11.3 Å². The summed E-state index contributed by atoms with van der Waals surface area (Å²) in [6, 6.07) is 7.73. The molecule has 0 N–H and O–H groups in total. The Kier molecular flexibility index (Phi) is 4.70. The zero-order valence-corrected chi connectivity index (χ0v) is 11.3. The molecule has 18 heavy (non-hydrogen) atoms. The molecule has 0 saturated carbocycles. The van der Waals surface area contributed by atoms with Gasteiger partial charge in [-0.1, -0.05) is 38.3 Å². The van der Waals surface area contributed by atoms with E-state index in [1.807, 2.05) is 24.3 Å². The SMILES string of the molecule is CCCCCCOC(=O)c1nc2ccccc2s1. The molecule has 2 rings (SSSR count). The van der Waals surface area contributed by atoms with Gasteiger partial charge in [0.2, 0.25) is 5.01 Å². The van der Waals surface area contributed by atoms with E-state index in [1.54, 1.807) is 0 Å². The molecule has 0 amide bonds. The molecule has 0 fully saturated rings. The summed E-state index contributed by atoms with van der Waals surface area (Å²) < 4.78 is 6.24. The zero-order valence-electron chi connectivity index (χ0n) is 10.5. The number of ether oxygens (including phenoxy) is 1. The number of carbonyl (C=O) groups excluding carboxylic acids is 1. The molecule has 0 aliphatic carbocycles. The van der Waals surface area contributed by atoms with Crippen LogP contribution in [0.4, 0.5) is 0 Å². The van der Waals surface area contributed by atoms with E-state index in [2.05, 4.69) is 11.9 Å². The average Bonchev–Trinajstić information content (AvgIpc) is 2.82. The monoisotopic (exact) mass is 263 g/mol. The van der Waals surface area contributed by atoms with Crippen molar-refractivity contribution in [1.82, 2.24) is 4.98 Å². The van der Waals surface area contributed by atoms with Crippen LogP contribution in [0.5, 0.6) is 0 Å². The van der Waals surface area contributed by atoms with E-state index in [1.165, 1.54) is 24.2 Å². The van der Waals surface area contributed by atoms with Gasteiger partial charge in [0, 0.05) is 0 Å². The van der Waals surface area contributed by atoms with E-state index in [0.717, 1.165) is 23.1 Å². The van der Waals surface area contributed by atoms with Crippen molar-refractivity contribution in [3.8, 4) is 0 Å². The lowest BCUT2D eigenvalue weighted by atomic mass is 10.2. The largest absolute Gasteiger partial charge is 0.460 e. The zero-order chi connectivity index (χ0) is 12.8. The summed E-state index contributed by atoms with van der Waals surface area (Å²) >= 11 is 1.39. The second kappa shape index (κ2) is 6.50. The third-order valence-electron chi connectivity index (χ3n) is 2.70. The van der Waals surface area contributed by atoms with Crippen molar-refractivity contribution in [2.75, 3.05) is 6.61 Å². The van der Waals surface area contributed by atoms with Gasteiger partial charge in [0.15, 0.2) is 0 Å². The Hall–Kier alpha value is -1.42. The minimum Gasteiger partial charge on any atom is -0.460 e. The Bertz CT molecular complexity index is 488. The summed E-state index contributed by atoms with van der Waals surface area (Å²) in [6.07, 6.45) is 4.43. The molecule has 1 aromatic carbocycles. The lowest BCUT2D eigenvalue weighted by molar-refractivity contribution is 0.0497. The van der Waals surface area contributed by atoms with Crippen LogP contribution in [-0.4, -0.2) is 17.6 Å². The van der Waals surface area contributed by atoms with Crippen molar-refractivity contribution < 1.29 is 9.53 Å². The van der Waals surface area contributed by atoms with Gasteiger partial charge in [0.05, 0.1) is 16.8 Å². The minimum absolute atomic E-state index is 0.298. The lowest BCUT2D eigenvalue weighted by Crippen LogP contribution is -2.05. The van der Waals surface area contributed by atoms with Crippen molar-refractivity contribution >= 4 is 27.5 Å². The molecule has 0 aliphatic heterocycles. The Balaban J connectivity index is 1.88. The van der Waals surface area contributed by atoms with Gasteiger partial charge < -0.3 is 4.74 Å². The first-order valence-corrected chi connectivity index (χ1v) is 7.15. The summed E-state index contributed by atoms with van der Waals surface area (Å²) in [6.45, 7) is 2.65. The molecular weight excluding hydrogens is 246 g/mol. The van der Waals surface area contributed by atoms with Gasteiger partial charge in [-0.3, -0.25) is 0 Å². The number of hydrogen-bond donors (Lipinski definition) is 0. The van der Waals surface area contributed by atoms with Gasteiger partial charge in [0.25, 0.3) is 0 Å². The number of unbranched alkanes of at least 4 members (excludes halogenated alkanes) is 3. The van der Waals surface area contributed by atoms with Crippen molar-refractivity contribution in [2.45, 2.75) is 32.6 Å². The fraction of sp³-hybridized carbons (Fsp3) is 0.429. The van der Waals surface area contributed by atoms with Crippen LogP contribution in [0.1, 0.15) is 42.4 Å². The summed E-state index contributed by atoms with van der Waals surface area (Å²) in [4.78, 5) is 16.0. The first-order valence-electron chi connectivity index (χ1n) is 6.34. The molecule has 0 saturated heterocycles. The molecule has 0 bridgehead atoms. The molecule has 1 aromatic heterocycles. The molecule has 96 valence electrons. The Labute approximate surface area is 111 Å². The molecule has 2 aromatic rings. The van der Waals surface area contributed by atoms with Crippen LogP contribution in [0, 0.1) is 0 Å². The van der Waals surface area contributed by atoms with Crippen LogP contribution in [-0.2, 0) is 4.74 Å². The van der Waals surface area contributed by atoms with Crippen molar-refractivity contribution in [3.63, 3.8) is 0 Å². The first kappa shape index (κ1) is 13.0. The summed E-state index contributed by atoms with van der Waals surface area (Å²) in [7, 11) is 0. The van der Waals surface area contributed by atoms with Gasteiger partial charge in [-0.05, 0) is 18.6 Å². The number of nitrogens with zero attached hydrogens (tertiary/aromatic N) is 1. The third-order valence-corrected chi connectivity index (χ3v) is 3.72. The Morgan fingerprint density at radius 3 is 2.89 bits per heavy atom. The quantitative estimate of drug-likeness (QED) is 0.583. The predicted octanol–water partition coefficient (Wildman–Crippen LogP) is 4.03. The standard InChI is InChI=1S/C14H17NO2S/c1-2-3-4-7-10-17-14(16)13-15-11-8-5-6-9-12(11)18-13/h5-6,8-9H,2-4,7,10H2,1H3. The summed E-state index contributed by atoms with van der Waals surface area (Å²) in [5, 5.41) is 0.451. The van der Waals surface area contributed by atoms with Crippen molar-refractivity contribution in [2.24, 2.45) is 0 Å². The summed E-state index contributed by atoms with van der Waals surface area (Å²) in [5.41, 5.74) is 0.862. The highest BCUT2D eigenvalue weighted by Gasteiger charge is 2.12. The maximum absolute atomic E-state index is 11.8. The Morgan fingerprint density at radius 2 is 2.11 bits per heavy atom. The smallest absolute Gasteiger partial charge is 0.367 e. The van der Waals surface area contributed by atoms with Crippen molar-refractivity contribution in [3.05, 3.63) is 29.3 Å². The highest BCUT2D eigenvalue weighted by molar-refractivity contribution is 7.20. The molecule has 0 radical (unpaired) electrons. The number of fused-ring (bicyclic) bond motifs is 1. The van der Waals surface area contributed by atoms with E-state index in [0.29, 0.717) is 11.6 Å². The van der Waals surface area contributed by atoms with Crippen LogP contribution in [0.2, 0.25) is 0 Å². The number of aromatic nitrogens is 1. The summed E-state index contributed by atoms with van der Waals surface area (Å²) in [5.74, 6) is -0.298. The van der Waals surface area contributed by atoms with Gasteiger partial charge in [-0.25, -0.2) is 9.78 Å². The third kappa shape index (κ3) is 3.29. The number of thiazole rings is 1. The van der Waals surface area contributed by atoms with Crippen LogP contribution >= 0.6 is 11.3 Å². The Morgan fingerprint density at radius 1 is 1.28 bits per heavy atom. The maximum Gasteiger partial charge on any atom is 0.367 e. The van der Waals surface area contributed by atoms with E-state index in [-0.39, 0.29) is 5.97 Å². The number of carbonyl (C=O) groups is 1. The second-order valence-corrected chi connectivity index (χ2v) is 5.21. The molecule has 0 aliphatic rings. The fourth-order valence-corrected chi connectivity index (χ4v) is 2.57. The number of benzene rings is 1. The van der Waals surface area contributed by atoms with E-state index < -0.39 is 0 Å². The van der Waals surface area contributed by atoms with Gasteiger partial charge in [0.1, 0.15) is 0 Å². The number of rotatable bonds is 6. The topological polar surface area (TPSA) is 39.2 Å². The minimum atomic E-state index is -0.298. The van der Waals surface area contributed by atoms with Crippen LogP contribution in [0.25, 0.3) is 10.2 Å². The van der Waals surface area contributed by atoms with E-state index in [4.69, 9.17) is 4.74 Å². The van der Waals surface area contributed by atoms with Gasteiger partial charge >= 0.3 is 5.97 Å². The number of esters is 1. The molecular formula is C14H17NO2S. The highest BCUT2D eigenvalue weighted by atomic mass is 32.1. The normalized spacial score (nSPS) is 10.7. The molecule has 0 atom stereocenters. The molecule has 3 nitrogen and oxygen atoms in total. The lowest BCUT2D eigenvalue weighted by Gasteiger charge is -2.01. The fourth-order valence-electron chi connectivity index (χ4n) is 1.71. The maximum atomic E-state index is 11.8. The van der Waals surface area contributed by atoms with Crippen LogP contribution < -0.4 is 0 Å². The van der Waals surface area contributed by atoms with E-state index >= 15 is 0 Å². The van der Waals surface area contributed by atoms with Crippen molar-refractivity contribution in [1.29, 1.82) is 0 Å². The predicted molar refractivity (Wildman–Crippen MR) is 74.0 cm³/mol. The molecule has 0 unspecified atom stereocenters. The number of para-hydroxylation sites is 1.